The van der Waals surface area contributed by atoms with Gasteiger partial charge in [-0.3, -0.25) is 0 Å². The highest BCUT2D eigenvalue weighted by Gasteiger charge is 2.01. The molecule has 0 radical (unpaired) electrons. The summed E-state index contributed by atoms with van der Waals surface area (Å²) in [5, 5.41) is 6.21. The monoisotopic (exact) mass is 352 g/mol. The number of benzene rings is 2. The molecule has 2 amide bonds. The highest BCUT2D eigenvalue weighted by Crippen LogP contribution is 2.13. The lowest BCUT2D eigenvalue weighted by atomic mass is 10.1. The standard InChI is InChI=1S/C15H14BrClN2O/c16-12-3-1-2-11(10-12)8-9-18-15(20)19-14-6-4-13(17)5-7-14/h1-7,10H,8-9H2,(H2,18,19,20). The number of halogens is 2. The van der Waals surface area contributed by atoms with Gasteiger partial charge in [0.05, 0.1) is 0 Å². The van der Waals surface area contributed by atoms with E-state index in [1.807, 2.05) is 24.3 Å². The molecule has 0 fully saturated rings. The first-order valence-corrected chi connectivity index (χ1v) is 7.35. The van der Waals surface area contributed by atoms with Crippen molar-refractivity contribution in [3.63, 3.8) is 0 Å². The van der Waals surface area contributed by atoms with Gasteiger partial charge in [0.2, 0.25) is 0 Å². The highest BCUT2D eigenvalue weighted by atomic mass is 79.9. The molecule has 0 saturated carbocycles. The first-order valence-electron chi connectivity index (χ1n) is 6.18. The Morgan fingerprint density at radius 3 is 2.60 bits per heavy atom. The SMILES string of the molecule is O=C(NCCc1cccc(Br)c1)Nc1ccc(Cl)cc1. The lowest BCUT2D eigenvalue weighted by Gasteiger charge is -2.08. The van der Waals surface area contributed by atoms with Gasteiger partial charge < -0.3 is 10.6 Å². The number of rotatable bonds is 4. The van der Waals surface area contributed by atoms with Crippen LogP contribution in [-0.2, 0) is 6.42 Å². The van der Waals surface area contributed by atoms with Crippen molar-refractivity contribution in [1.82, 2.24) is 5.32 Å². The van der Waals surface area contributed by atoms with Gasteiger partial charge in [-0.1, -0.05) is 39.7 Å². The van der Waals surface area contributed by atoms with Gasteiger partial charge >= 0.3 is 6.03 Å². The van der Waals surface area contributed by atoms with Crippen molar-refractivity contribution >= 4 is 39.2 Å². The van der Waals surface area contributed by atoms with Crippen LogP contribution in [0.4, 0.5) is 10.5 Å². The van der Waals surface area contributed by atoms with Crippen LogP contribution in [-0.4, -0.2) is 12.6 Å². The van der Waals surface area contributed by atoms with Crippen LogP contribution >= 0.6 is 27.5 Å². The number of nitrogens with one attached hydrogen (secondary N) is 2. The summed E-state index contributed by atoms with van der Waals surface area (Å²) in [4.78, 5) is 11.7. The largest absolute Gasteiger partial charge is 0.338 e. The molecule has 0 spiro atoms. The molecule has 2 aromatic rings. The Morgan fingerprint density at radius 1 is 1.15 bits per heavy atom. The predicted molar refractivity (Wildman–Crippen MR) is 86.3 cm³/mol. The van der Waals surface area contributed by atoms with Gasteiger partial charge in [0, 0.05) is 21.7 Å². The Kier molecular flexibility index (Phi) is 5.44. The average molecular weight is 354 g/mol. The normalized spacial score (nSPS) is 10.1. The molecule has 2 rings (SSSR count). The zero-order chi connectivity index (χ0) is 14.4. The predicted octanol–water partition coefficient (Wildman–Crippen LogP) is 4.47. The van der Waals surface area contributed by atoms with E-state index in [2.05, 4.69) is 26.6 Å². The van der Waals surface area contributed by atoms with E-state index in [1.165, 1.54) is 5.56 Å². The maximum Gasteiger partial charge on any atom is 0.319 e. The Labute approximate surface area is 131 Å². The van der Waals surface area contributed by atoms with Crippen LogP contribution in [0.3, 0.4) is 0 Å². The van der Waals surface area contributed by atoms with Crippen LogP contribution in [0.25, 0.3) is 0 Å². The first kappa shape index (κ1) is 14.9. The number of hydrogen-bond donors (Lipinski definition) is 2. The Morgan fingerprint density at radius 2 is 1.90 bits per heavy atom. The fourth-order valence-corrected chi connectivity index (χ4v) is 2.29. The van der Waals surface area contributed by atoms with Gasteiger partial charge in [-0.05, 0) is 48.4 Å². The third kappa shape index (κ3) is 4.87. The van der Waals surface area contributed by atoms with E-state index in [1.54, 1.807) is 24.3 Å². The van der Waals surface area contributed by atoms with E-state index < -0.39 is 0 Å². The zero-order valence-electron chi connectivity index (χ0n) is 10.7. The Balaban J connectivity index is 1.76. The molecule has 0 unspecified atom stereocenters. The number of anilines is 1. The molecule has 0 saturated heterocycles. The molecule has 0 atom stereocenters. The first-order chi connectivity index (χ1) is 9.63. The van der Waals surface area contributed by atoms with Gasteiger partial charge in [-0.15, -0.1) is 0 Å². The van der Waals surface area contributed by atoms with Crippen molar-refractivity contribution in [2.75, 3.05) is 11.9 Å². The van der Waals surface area contributed by atoms with Gasteiger partial charge in [0.25, 0.3) is 0 Å². The topological polar surface area (TPSA) is 41.1 Å². The zero-order valence-corrected chi connectivity index (χ0v) is 13.0. The van der Waals surface area contributed by atoms with E-state index in [9.17, 15) is 4.79 Å². The number of amides is 2. The summed E-state index contributed by atoms with van der Waals surface area (Å²) in [5.74, 6) is 0. The molecule has 5 heteroatoms. The van der Waals surface area contributed by atoms with Crippen LogP contribution in [0.15, 0.2) is 53.0 Å². The van der Waals surface area contributed by atoms with Crippen LogP contribution in [0.1, 0.15) is 5.56 Å². The lowest BCUT2D eigenvalue weighted by Crippen LogP contribution is -2.30. The number of carbonyl (C=O) groups is 1. The Bertz CT molecular complexity index is 587. The number of hydrogen-bond acceptors (Lipinski definition) is 1. The minimum Gasteiger partial charge on any atom is -0.338 e. The molecule has 0 aromatic heterocycles. The van der Waals surface area contributed by atoms with Gasteiger partial charge in [-0.25, -0.2) is 4.79 Å². The van der Waals surface area contributed by atoms with E-state index in [4.69, 9.17) is 11.6 Å². The molecule has 0 aliphatic rings. The fraction of sp³-hybridized carbons (Fsp3) is 0.133. The summed E-state index contributed by atoms with van der Waals surface area (Å²) in [7, 11) is 0. The van der Waals surface area contributed by atoms with Crippen molar-refractivity contribution in [2.45, 2.75) is 6.42 Å². The average Bonchev–Trinajstić information content (AvgIpc) is 2.41. The van der Waals surface area contributed by atoms with E-state index in [0.717, 1.165) is 10.9 Å². The molecule has 104 valence electrons. The summed E-state index contributed by atoms with van der Waals surface area (Å²) in [6.07, 6.45) is 0.785. The number of carbonyl (C=O) groups excluding carboxylic acids is 1. The smallest absolute Gasteiger partial charge is 0.319 e. The van der Waals surface area contributed by atoms with E-state index >= 15 is 0 Å². The summed E-state index contributed by atoms with van der Waals surface area (Å²) >= 11 is 9.20. The molecule has 3 nitrogen and oxygen atoms in total. The minimum atomic E-state index is -0.220. The van der Waals surface area contributed by atoms with E-state index in [0.29, 0.717) is 17.3 Å². The second kappa shape index (κ2) is 7.31. The van der Waals surface area contributed by atoms with Gasteiger partial charge in [0.15, 0.2) is 0 Å². The summed E-state index contributed by atoms with van der Waals surface area (Å²) in [5.41, 5.74) is 1.89. The second-order valence-electron chi connectivity index (χ2n) is 4.27. The third-order valence-electron chi connectivity index (χ3n) is 2.69. The summed E-state index contributed by atoms with van der Waals surface area (Å²) in [6, 6.07) is 14.8. The lowest BCUT2D eigenvalue weighted by molar-refractivity contribution is 0.252. The molecular formula is C15H14BrClN2O. The van der Waals surface area contributed by atoms with Crippen molar-refractivity contribution in [2.24, 2.45) is 0 Å². The Hall–Kier alpha value is -1.52. The molecule has 2 aromatic carbocycles. The number of urea groups is 1. The molecule has 0 bridgehead atoms. The molecule has 20 heavy (non-hydrogen) atoms. The van der Waals surface area contributed by atoms with Gasteiger partial charge in [0.1, 0.15) is 0 Å². The summed E-state index contributed by atoms with van der Waals surface area (Å²) in [6.45, 7) is 0.579. The van der Waals surface area contributed by atoms with Crippen LogP contribution in [0, 0.1) is 0 Å². The molecule has 2 N–H and O–H groups in total. The second-order valence-corrected chi connectivity index (χ2v) is 5.62. The quantitative estimate of drug-likeness (QED) is 0.837. The maximum absolute atomic E-state index is 11.7. The van der Waals surface area contributed by atoms with E-state index in [-0.39, 0.29) is 6.03 Å². The minimum absolute atomic E-state index is 0.220. The highest BCUT2D eigenvalue weighted by molar-refractivity contribution is 9.10. The summed E-state index contributed by atoms with van der Waals surface area (Å²) < 4.78 is 1.04. The van der Waals surface area contributed by atoms with Crippen molar-refractivity contribution < 1.29 is 4.79 Å². The van der Waals surface area contributed by atoms with Gasteiger partial charge in [-0.2, -0.15) is 0 Å². The molecule has 0 heterocycles. The van der Waals surface area contributed by atoms with Crippen LogP contribution in [0.5, 0.6) is 0 Å². The van der Waals surface area contributed by atoms with Crippen LogP contribution in [0.2, 0.25) is 5.02 Å². The van der Waals surface area contributed by atoms with Crippen molar-refractivity contribution in [1.29, 1.82) is 0 Å². The van der Waals surface area contributed by atoms with Crippen LogP contribution < -0.4 is 10.6 Å². The van der Waals surface area contributed by atoms with Crippen molar-refractivity contribution in [3.05, 3.63) is 63.6 Å². The fourth-order valence-electron chi connectivity index (χ4n) is 1.72. The maximum atomic E-state index is 11.7. The third-order valence-corrected chi connectivity index (χ3v) is 3.44. The molecule has 0 aliphatic carbocycles. The van der Waals surface area contributed by atoms with Crippen molar-refractivity contribution in [3.8, 4) is 0 Å². The molecular weight excluding hydrogens is 340 g/mol. The molecule has 0 aliphatic heterocycles.